The van der Waals surface area contributed by atoms with Gasteiger partial charge in [-0.1, -0.05) is 29.8 Å². The van der Waals surface area contributed by atoms with Gasteiger partial charge in [0.15, 0.2) is 0 Å². The van der Waals surface area contributed by atoms with Gasteiger partial charge in [-0.25, -0.2) is 9.97 Å². The number of anilines is 1. The van der Waals surface area contributed by atoms with E-state index in [1.54, 1.807) is 6.20 Å². The summed E-state index contributed by atoms with van der Waals surface area (Å²) in [6.45, 7) is 2.07. The topological polar surface area (TPSA) is 29.0 Å². The normalized spacial score (nSPS) is 12.2. The van der Waals surface area contributed by atoms with E-state index in [1.807, 2.05) is 42.3 Å². The molecule has 94 valence electrons. The maximum atomic E-state index is 6.20. The molecule has 0 N–H and O–H groups in total. The third-order valence-corrected chi connectivity index (χ3v) is 3.44. The van der Waals surface area contributed by atoms with E-state index >= 15 is 0 Å². The van der Waals surface area contributed by atoms with Crippen LogP contribution in [-0.2, 0) is 0 Å². The average molecular weight is 282 g/mol. The zero-order valence-electron chi connectivity index (χ0n) is 10.1. The molecular formula is C13H13Cl2N3. The minimum atomic E-state index is 0.102. The first-order valence-corrected chi connectivity index (χ1v) is 6.31. The molecule has 0 aliphatic rings. The molecule has 0 fully saturated rings. The molecule has 2 aromatic rings. The van der Waals surface area contributed by atoms with Gasteiger partial charge in [-0.2, -0.15) is 0 Å². The van der Waals surface area contributed by atoms with Crippen LogP contribution >= 0.6 is 23.2 Å². The van der Waals surface area contributed by atoms with Crippen molar-refractivity contribution in [2.75, 3.05) is 11.9 Å². The van der Waals surface area contributed by atoms with Gasteiger partial charge in [-0.3, -0.25) is 0 Å². The molecule has 1 aromatic heterocycles. The van der Waals surface area contributed by atoms with Crippen molar-refractivity contribution in [3.05, 3.63) is 52.4 Å². The first-order valence-electron chi connectivity index (χ1n) is 5.55. The van der Waals surface area contributed by atoms with Gasteiger partial charge in [-0.15, -0.1) is 0 Å². The van der Waals surface area contributed by atoms with E-state index < -0.39 is 0 Å². The summed E-state index contributed by atoms with van der Waals surface area (Å²) in [6.07, 6.45) is 1.64. The second-order valence-corrected chi connectivity index (χ2v) is 4.74. The number of nitrogens with zero attached hydrogens (tertiary/aromatic N) is 3. The summed E-state index contributed by atoms with van der Waals surface area (Å²) in [4.78, 5) is 10.1. The van der Waals surface area contributed by atoms with Gasteiger partial charge in [-0.05, 0) is 36.2 Å². The molecule has 1 heterocycles. The molecule has 1 aromatic carbocycles. The third kappa shape index (κ3) is 2.74. The molecule has 0 aliphatic carbocycles. The highest BCUT2D eigenvalue weighted by Gasteiger charge is 2.16. The number of halogens is 2. The molecule has 0 bridgehead atoms. The molecule has 18 heavy (non-hydrogen) atoms. The molecular weight excluding hydrogens is 269 g/mol. The molecule has 2 rings (SSSR count). The Kier molecular flexibility index (Phi) is 4.04. The molecule has 5 heteroatoms. The lowest BCUT2D eigenvalue weighted by Gasteiger charge is -2.26. The fourth-order valence-corrected chi connectivity index (χ4v) is 2.18. The molecule has 1 unspecified atom stereocenters. The lowest BCUT2D eigenvalue weighted by Crippen LogP contribution is -2.23. The van der Waals surface area contributed by atoms with E-state index in [0.717, 1.165) is 16.4 Å². The van der Waals surface area contributed by atoms with E-state index in [2.05, 4.69) is 16.9 Å². The molecule has 0 radical (unpaired) electrons. The van der Waals surface area contributed by atoms with Crippen LogP contribution in [0.4, 0.5) is 5.82 Å². The number of benzene rings is 1. The molecule has 1 atom stereocenters. The Morgan fingerprint density at radius 3 is 2.56 bits per heavy atom. The van der Waals surface area contributed by atoms with Crippen molar-refractivity contribution in [2.24, 2.45) is 0 Å². The summed E-state index contributed by atoms with van der Waals surface area (Å²) >= 11 is 12.0. The van der Waals surface area contributed by atoms with Gasteiger partial charge < -0.3 is 4.90 Å². The van der Waals surface area contributed by atoms with Crippen LogP contribution in [0.3, 0.4) is 0 Å². The summed E-state index contributed by atoms with van der Waals surface area (Å²) < 4.78 is 0. The van der Waals surface area contributed by atoms with Gasteiger partial charge in [0.05, 0.1) is 6.04 Å². The molecule has 0 aliphatic heterocycles. The fraction of sp³-hybridized carbons (Fsp3) is 0.231. The third-order valence-electron chi connectivity index (χ3n) is 2.91. The maximum absolute atomic E-state index is 6.20. The number of hydrogen-bond donors (Lipinski definition) is 0. The number of aromatic nitrogens is 2. The predicted octanol–water partition coefficient (Wildman–Crippen LogP) is 3.98. The quantitative estimate of drug-likeness (QED) is 0.797. The van der Waals surface area contributed by atoms with Gasteiger partial charge in [0, 0.05) is 18.3 Å². The van der Waals surface area contributed by atoms with Gasteiger partial charge in [0.2, 0.25) is 5.28 Å². The highest BCUT2D eigenvalue weighted by atomic mass is 35.5. The van der Waals surface area contributed by atoms with Gasteiger partial charge >= 0.3 is 0 Å². The minimum Gasteiger partial charge on any atom is -0.353 e. The minimum absolute atomic E-state index is 0.102. The molecule has 0 saturated carbocycles. The first-order chi connectivity index (χ1) is 8.59. The van der Waals surface area contributed by atoms with Crippen molar-refractivity contribution in [1.29, 1.82) is 0 Å². The fourth-order valence-electron chi connectivity index (χ4n) is 1.74. The van der Waals surface area contributed by atoms with Crippen LogP contribution in [-0.4, -0.2) is 17.0 Å². The number of rotatable bonds is 3. The van der Waals surface area contributed by atoms with Crippen molar-refractivity contribution in [3.63, 3.8) is 0 Å². The molecule has 0 saturated heterocycles. The van der Waals surface area contributed by atoms with Crippen LogP contribution in [0.15, 0.2) is 36.5 Å². The van der Waals surface area contributed by atoms with Crippen molar-refractivity contribution >= 4 is 29.0 Å². The molecule has 0 amide bonds. The van der Waals surface area contributed by atoms with E-state index in [4.69, 9.17) is 23.2 Å². The smallest absolute Gasteiger partial charge is 0.224 e. The van der Waals surface area contributed by atoms with Crippen LogP contribution in [0.25, 0.3) is 0 Å². The summed E-state index contributed by atoms with van der Waals surface area (Å²) in [7, 11) is 1.95. The van der Waals surface area contributed by atoms with Crippen LogP contribution in [0.5, 0.6) is 0 Å². The van der Waals surface area contributed by atoms with Crippen molar-refractivity contribution in [2.45, 2.75) is 13.0 Å². The van der Waals surface area contributed by atoms with E-state index in [-0.39, 0.29) is 11.3 Å². The first kappa shape index (κ1) is 13.1. The zero-order chi connectivity index (χ0) is 13.1. The SMILES string of the molecule is CC(c1ccccc1Cl)N(C)c1ccnc(Cl)n1. The Labute approximate surface area is 116 Å². The lowest BCUT2D eigenvalue weighted by atomic mass is 10.1. The summed E-state index contributed by atoms with van der Waals surface area (Å²) in [5.41, 5.74) is 1.05. The Hall–Kier alpha value is -1.32. The van der Waals surface area contributed by atoms with Crippen LogP contribution in [0.2, 0.25) is 10.3 Å². The Bertz CT molecular complexity index is 545. The lowest BCUT2D eigenvalue weighted by molar-refractivity contribution is 0.727. The summed E-state index contributed by atoms with van der Waals surface area (Å²) in [6, 6.07) is 9.70. The highest BCUT2D eigenvalue weighted by molar-refractivity contribution is 6.31. The average Bonchev–Trinajstić information content (AvgIpc) is 2.37. The number of hydrogen-bond acceptors (Lipinski definition) is 3. The zero-order valence-corrected chi connectivity index (χ0v) is 11.7. The van der Waals surface area contributed by atoms with Crippen molar-refractivity contribution in [1.82, 2.24) is 9.97 Å². The summed E-state index contributed by atoms with van der Waals surface area (Å²) in [5, 5.41) is 0.989. The second kappa shape index (κ2) is 5.55. The van der Waals surface area contributed by atoms with Gasteiger partial charge in [0.25, 0.3) is 0 Å². The monoisotopic (exact) mass is 281 g/mol. The summed E-state index contributed by atoms with van der Waals surface area (Å²) in [5.74, 6) is 0.766. The Balaban J connectivity index is 2.29. The van der Waals surface area contributed by atoms with Gasteiger partial charge in [0.1, 0.15) is 5.82 Å². The van der Waals surface area contributed by atoms with E-state index in [9.17, 15) is 0 Å². The Morgan fingerprint density at radius 2 is 1.89 bits per heavy atom. The van der Waals surface area contributed by atoms with Crippen molar-refractivity contribution in [3.8, 4) is 0 Å². The van der Waals surface area contributed by atoms with Crippen LogP contribution < -0.4 is 4.90 Å². The molecule has 3 nitrogen and oxygen atoms in total. The van der Waals surface area contributed by atoms with Crippen LogP contribution in [0.1, 0.15) is 18.5 Å². The predicted molar refractivity (Wildman–Crippen MR) is 75.3 cm³/mol. The second-order valence-electron chi connectivity index (χ2n) is 3.99. The molecule has 0 spiro atoms. The van der Waals surface area contributed by atoms with E-state index in [0.29, 0.717) is 0 Å². The Morgan fingerprint density at radius 1 is 1.17 bits per heavy atom. The van der Waals surface area contributed by atoms with Crippen molar-refractivity contribution < 1.29 is 0 Å². The highest BCUT2D eigenvalue weighted by Crippen LogP contribution is 2.28. The van der Waals surface area contributed by atoms with Crippen LogP contribution in [0, 0.1) is 0 Å². The largest absolute Gasteiger partial charge is 0.353 e. The standard InChI is InChI=1S/C13H13Cl2N3/c1-9(10-5-3-4-6-11(10)14)18(2)12-7-8-16-13(15)17-12/h3-9H,1-2H3. The van der Waals surface area contributed by atoms with E-state index in [1.165, 1.54) is 0 Å². The maximum Gasteiger partial charge on any atom is 0.224 e.